The number of rotatable bonds is 9. The number of ether oxygens (including phenoxy) is 3. The Morgan fingerprint density at radius 3 is 2.46 bits per heavy atom. The molecule has 1 aliphatic carbocycles. The lowest BCUT2D eigenvalue weighted by Gasteiger charge is -2.35. The minimum Gasteiger partial charge on any atom is -0.423 e. The standard InChI is InChI=1S/C22H33NO5/c1-6-11-23(12-13-26-15(2)3)19-8-9-20-18(14-19)7-10-21(27-16(4)24)22(20)28-17(5)25/h7,10,15,19H,6,8-9,11-14H2,1-5H3. The van der Waals surface area contributed by atoms with Gasteiger partial charge >= 0.3 is 11.9 Å². The van der Waals surface area contributed by atoms with Crippen LogP contribution in [0, 0.1) is 0 Å². The van der Waals surface area contributed by atoms with E-state index in [1.807, 2.05) is 6.07 Å². The first-order chi connectivity index (χ1) is 13.3. The molecule has 0 amide bonds. The summed E-state index contributed by atoms with van der Waals surface area (Å²) in [6.45, 7) is 11.7. The zero-order valence-electron chi connectivity index (χ0n) is 17.7. The number of carbonyl (C=O) groups excluding carboxylic acids is 2. The second kappa shape index (κ2) is 10.6. The van der Waals surface area contributed by atoms with Crippen LogP contribution in [0.4, 0.5) is 0 Å². The van der Waals surface area contributed by atoms with Crippen molar-refractivity contribution in [3.05, 3.63) is 23.3 Å². The summed E-state index contributed by atoms with van der Waals surface area (Å²) < 4.78 is 16.4. The van der Waals surface area contributed by atoms with E-state index in [-0.39, 0.29) is 6.10 Å². The second-order valence-corrected chi connectivity index (χ2v) is 7.57. The third-order valence-corrected chi connectivity index (χ3v) is 4.86. The summed E-state index contributed by atoms with van der Waals surface area (Å²) >= 11 is 0. The van der Waals surface area contributed by atoms with Gasteiger partial charge in [-0.3, -0.25) is 14.5 Å². The summed E-state index contributed by atoms with van der Waals surface area (Å²) in [7, 11) is 0. The Morgan fingerprint density at radius 1 is 1.14 bits per heavy atom. The third kappa shape index (κ3) is 6.31. The summed E-state index contributed by atoms with van der Waals surface area (Å²) in [4.78, 5) is 25.5. The molecule has 0 saturated carbocycles. The predicted octanol–water partition coefficient (Wildman–Crippen LogP) is 3.53. The van der Waals surface area contributed by atoms with E-state index >= 15 is 0 Å². The zero-order chi connectivity index (χ0) is 20.7. The number of carbonyl (C=O) groups is 2. The molecular formula is C22H33NO5. The SMILES string of the molecule is CCCN(CCOC(C)C)C1CCc2c(ccc(OC(C)=O)c2OC(C)=O)C1. The number of nitrogens with zero attached hydrogens (tertiary/aromatic N) is 1. The van der Waals surface area contributed by atoms with E-state index in [2.05, 4.69) is 25.7 Å². The predicted molar refractivity (Wildman–Crippen MR) is 108 cm³/mol. The van der Waals surface area contributed by atoms with Crippen molar-refractivity contribution in [2.45, 2.75) is 72.4 Å². The Hall–Kier alpha value is -1.92. The molecule has 0 heterocycles. The molecule has 1 aliphatic rings. The molecular weight excluding hydrogens is 358 g/mol. The topological polar surface area (TPSA) is 65.1 Å². The zero-order valence-corrected chi connectivity index (χ0v) is 17.7. The first kappa shape index (κ1) is 22.4. The van der Waals surface area contributed by atoms with Gasteiger partial charge in [0, 0.05) is 32.0 Å². The molecule has 0 bridgehead atoms. The number of hydrogen-bond donors (Lipinski definition) is 0. The molecule has 6 heteroatoms. The van der Waals surface area contributed by atoms with Crippen LogP contribution in [0.25, 0.3) is 0 Å². The highest BCUT2D eigenvalue weighted by molar-refractivity contribution is 5.75. The highest BCUT2D eigenvalue weighted by Gasteiger charge is 2.28. The Balaban J connectivity index is 2.20. The van der Waals surface area contributed by atoms with Crippen LogP contribution in [-0.2, 0) is 27.2 Å². The number of benzene rings is 1. The van der Waals surface area contributed by atoms with E-state index in [0.29, 0.717) is 17.5 Å². The Kier molecular flexibility index (Phi) is 8.45. The van der Waals surface area contributed by atoms with Crippen molar-refractivity contribution >= 4 is 11.9 Å². The minimum atomic E-state index is -0.429. The molecule has 28 heavy (non-hydrogen) atoms. The lowest BCUT2D eigenvalue weighted by molar-refractivity contribution is -0.134. The van der Waals surface area contributed by atoms with Crippen molar-refractivity contribution < 1.29 is 23.8 Å². The Labute approximate surface area is 168 Å². The molecule has 1 atom stereocenters. The number of esters is 2. The first-order valence-corrected chi connectivity index (χ1v) is 10.2. The molecule has 0 fully saturated rings. The van der Waals surface area contributed by atoms with E-state index in [1.54, 1.807) is 6.07 Å². The number of fused-ring (bicyclic) bond motifs is 1. The molecule has 0 aromatic heterocycles. The Bertz CT molecular complexity index is 686. The van der Waals surface area contributed by atoms with Crippen LogP contribution in [0.1, 0.15) is 58.6 Å². The van der Waals surface area contributed by atoms with Gasteiger partial charge in [0.05, 0.1) is 12.7 Å². The van der Waals surface area contributed by atoms with Gasteiger partial charge < -0.3 is 14.2 Å². The maximum Gasteiger partial charge on any atom is 0.308 e. The molecule has 0 aliphatic heterocycles. The maximum atomic E-state index is 11.6. The largest absolute Gasteiger partial charge is 0.423 e. The van der Waals surface area contributed by atoms with Gasteiger partial charge in [-0.15, -0.1) is 0 Å². The van der Waals surface area contributed by atoms with Gasteiger partial charge in [-0.1, -0.05) is 13.0 Å². The molecule has 1 unspecified atom stereocenters. The van der Waals surface area contributed by atoms with E-state index in [0.717, 1.165) is 56.5 Å². The van der Waals surface area contributed by atoms with Crippen molar-refractivity contribution in [3.8, 4) is 11.5 Å². The minimum absolute atomic E-state index is 0.238. The van der Waals surface area contributed by atoms with Crippen molar-refractivity contribution in [3.63, 3.8) is 0 Å². The lowest BCUT2D eigenvalue weighted by atomic mass is 9.86. The van der Waals surface area contributed by atoms with Crippen LogP contribution in [-0.4, -0.2) is 48.7 Å². The summed E-state index contributed by atoms with van der Waals surface area (Å²) in [5.41, 5.74) is 2.12. The van der Waals surface area contributed by atoms with Gasteiger partial charge in [0.25, 0.3) is 0 Å². The van der Waals surface area contributed by atoms with Crippen molar-refractivity contribution in [2.24, 2.45) is 0 Å². The fourth-order valence-electron chi connectivity index (χ4n) is 3.75. The van der Waals surface area contributed by atoms with E-state index in [1.165, 1.54) is 13.8 Å². The quantitative estimate of drug-likeness (QED) is 0.474. The molecule has 0 radical (unpaired) electrons. The lowest BCUT2D eigenvalue weighted by Crippen LogP contribution is -2.42. The monoisotopic (exact) mass is 391 g/mol. The molecule has 0 N–H and O–H groups in total. The molecule has 0 spiro atoms. The normalized spacial score (nSPS) is 16.2. The van der Waals surface area contributed by atoms with E-state index in [9.17, 15) is 9.59 Å². The van der Waals surface area contributed by atoms with Crippen LogP contribution >= 0.6 is 0 Å². The third-order valence-electron chi connectivity index (χ3n) is 4.86. The molecule has 6 nitrogen and oxygen atoms in total. The second-order valence-electron chi connectivity index (χ2n) is 7.57. The molecule has 156 valence electrons. The molecule has 1 aromatic carbocycles. The van der Waals surface area contributed by atoms with Gasteiger partial charge in [0.1, 0.15) is 0 Å². The average molecular weight is 392 g/mol. The smallest absolute Gasteiger partial charge is 0.308 e. The average Bonchev–Trinajstić information content (AvgIpc) is 2.61. The van der Waals surface area contributed by atoms with Crippen molar-refractivity contribution in [2.75, 3.05) is 19.7 Å². The summed E-state index contributed by atoms with van der Waals surface area (Å²) in [5.74, 6) is -0.136. The molecule has 1 aromatic rings. The summed E-state index contributed by atoms with van der Waals surface area (Å²) in [6.07, 6.45) is 3.96. The number of hydrogen-bond acceptors (Lipinski definition) is 6. The molecule has 0 saturated heterocycles. The van der Waals surface area contributed by atoms with Crippen LogP contribution < -0.4 is 9.47 Å². The van der Waals surface area contributed by atoms with Crippen molar-refractivity contribution in [1.82, 2.24) is 4.90 Å². The van der Waals surface area contributed by atoms with Crippen LogP contribution in [0.15, 0.2) is 12.1 Å². The van der Waals surface area contributed by atoms with E-state index < -0.39 is 11.9 Å². The molecule has 2 rings (SSSR count). The van der Waals surface area contributed by atoms with Gasteiger partial charge in [0.15, 0.2) is 11.5 Å². The van der Waals surface area contributed by atoms with Crippen LogP contribution in [0.3, 0.4) is 0 Å². The highest BCUT2D eigenvalue weighted by Crippen LogP contribution is 2.39. The maximum absolute atomic E-state index is 11.6. The van der Waals surface area contributed by atoms with Crippen LogP contribution in [0.5, 0.6) is 11.5 Å². The van der Waals surface area contributed by atoms with Gasteiger partial charge in [-0.25, -0.2) is 0 Å². The van der Waals surface area contributed by atoms with Gasteiger partial charge in [-0.05, 0) is 57.7 Å². The summed E-state index contributed by atoms with van der Waals surface area (Å²) in [6, 6.07) is 4.14. The van der Waals surface area contributed by atoms with Crippen LogP contribution in [0.2, 0.25) is 0 Å². The fraction of sp³-hybridized carbons (Fsp3) is 0.636. The van der Waals surface area contributed by atoms with Gasteiger partial charge in [-0.2, -0.15) is 0 Å². The van der Waals surface area contributed by atoms with Crippen molar-refractivity contribution in [1.29, 1.82) is 0 Å². The Morgan fingerprint density at radius 2 is 1.86 bits per heavy atom. The highest BCUT2D eigenvalue weighted by atomic mass is 16.6. The fourth-order valence-corrected chi connectivity index (χ4v) is 3.75. The summed E-state index contributed by atoms with van der Waals surface area (Å²) in [5, 5.41) is 0. The van der Waals surface area contributed by atoms with E-state index in [4.69, 9.17) is 14.2 Å². The van der Waals surface area contributed by atoms with Gasteiger partial charge in [0.2, 0.25) is 0 Å². The first-order valence-electron chi connectivity index (χ1n) is 10.2.